The molecule has 0 fully saturated rings. The van der Waals surface area contributed by atoms with Gasteiger partial charge in [-0.3, -0.25) is 4.79 Å². The molecule has 2 aromatic heterocycles. The second-order valence-corrected chi connectivity index (χ2v) is 5.60. The summed E-state index contributed by atoms with van der Waals surface area (Å²) in [6, 6.07) is 9.10. The molecule has 2 N–H and O–H groups in total. The van der Waals surface area contributed by atoms with Gasteiger partial charge < -0.3 is 10.3 Å². The fourth-order valence-electron chi connectivity index (χ4n) is 2.38. The molecule has 0 saturated heterocycles. The highest BCUT2D eigenvalue weighted by Gasteiger charge is 2.04. The molecule has 0 unspecified atom stereocenters. The van der Waals surface area contributed by atoms with Crippen molar-refractivity contribution >= 4 is 28.3 Å². The second kappa shape index (κ2) is 5.77. The van der Waals surface area contributed by atoms with Crippen LogP contribution in [0.15, 0.2) is 35.1 Å². The van der Waals surface area contributed by atoms with Crippen molar-refractivity contribution in [2.24, 2.45) is 0 Å². The van der Waals surface area contributed by atoms with Crippen molar-refractivity contribution < 1.29 is 0 Å². The maximum atomic E-state index is 11.4. The average Bonchev–Trinajstić information content (AvgIpc) is 2.43. The van der Waals surface area contributed by atoms with Gasteiger partial charge in [0.15, 0.2) is 0 Å². The summed E-state index contributed by atoms with van der Waals surface area (Å²) in [5.74, 6) is 1.32. The number of aromatic amines is 1. The number of aryl methyl sites for hydroxylation is 2. The van der Waals surface area contributed by atoms with Gasteiger partial charge >= 0.3 is 0 Å². The van der Waals surface area contributed by atoms with Crippen LogP contribution in [0.5, 0.6) is 0 Å². The van der Waals surface area contributed by atoms with E-state index in [0.717, 1.165) is 22.3 Å². The lowest BCUT2D eigenvalue weighted by Crippen LogP contribution is -2.13. The SMILES string of the molecule is Cc1nc(CNc2cc(C)c3ccc(Cl)cc3n2)cc(=O)[nH]1. The molecule has 112 valence electrons. The van der Waals surface area contributed by atoms with E-state index in [-0.39, 0.29) is 5.56 Å². The first-order valence-corrected chi connectivity index (χ1v) is 7.27. The zero-order valence-corrected chi connectivity index (χ0v) is 13.0. The Balaban J connectivity index is 1.89. The highest BCUT2D eigenvalue weighted by Crippen LogP contribution is 2.23. The van der Waals surface area contributed by atoms with E-state index >= 15 is 0 Å². The minimum atomic E-state index is -0.154. The Kier molecular flexibility index (Phi) is 3.81. The summed E-state index contributed by atoms with van der Waals surface area (Å²) in [5.41, 5.74) is 2.47. The van der Waals surface area contributed by atoms with Crippen molar-refractivity contribution in [2.75, 3.05) is 5.32 Å². The van der Waals surface area contributed by atoms with Gasteiger partial charge in [0.25, 0.3) is 5.56 Å². The third kappa shape index (κ3) is 3.09. The fourth-order valence-corrected chi connectivity index (χ4v) is 2.55. The number of fused-ring (bicyclic) bond motifs is 1. The van der Waals surface area contributed by atoms with E-state index in [1.807, 2.05) is 31.2 Å². The molecule has 0 radical (unpaired) electrons. The quantitative estimate of drug-likeness (QED) is 0.779. The summed E-state index contributed by atoms with van der Waals surface area (Å²) in [7, 11) is 0. The maximum absolute atomic E-state index is 11.4. The molecule has 0 aliphatic rings. The van der Waals surface area contributed by atoms with Crippen LogP contribution in [-0.4, -0.2) is 15.0 Å². The summed E-state index contributed by atoms with van der Waals surface area (Å²) in [5, 5.41) is 4.92. The first-order chi connectivity index (χ1) is 10.5. The van der Waals surface area contributed by atoms with Crippen LogP contribution in [0.25, 0.3) is 10.9 Å². The fraction of sp³-hybridized carbons (Fsp3) is 0.188. The molecule has 0 bridgehead atoms. The van der Waals surface area contributed by atoms with Crippen LogP contribution >= 0.6 is 11.6 Å². The second-order valence-electron chi connectivity index (χ2n) is 5.16. The van der Waals surface area contributed by atoms with E-state index < -0.39 is 0 Å². The Morgan fingerprint density at radius 2 is 2.00 bits per heavy atom. The number of halogens is 1. The van der Waals surface area contributed by atoms with Crippen molar-refractivity contribution in [3.05, 3.63) is 62.8 Å². The monoisotopic (exact) mass is 314 g/mol. The zero-order chi connectivity index (χ0) is 15.7. The molecule has 0 atom stereocenters. The number of rotatable bonds is 3. The van der Waals surface area contributed by atoms with Crippen LogP contribution in [0, 0.1) is 13.8 Å². The van der Waals surface area contributed by atoms with Crippen molar-refractivity contribution in [3.63, 3.8) is 0 Å². The Morgan fingerprint density at radius 1 is 1.18 bits per heavy atom. The molecule has 0 aliphatic carbocycles. The van der Waals surface area contributed by atoms with Gasteiger partial charge in [-0.25, -0.2) is 9.97 Å². The molecule has 0 aliphatic heterocycles. The lowest BCUT2D eigenvalue weighted by atomic mass is 10.1. The third-order valence-corrected chi connectivity index (χ3v) is 3.58. The highest BCUT2D eigenvalue weighted by atomic mass is 35.5. The normalized spacial score (nSPS) is 10.9. The van der Waals surface area contributed by atoms with Gasteiger partial charge in [0.2, 0.25) is 0 Å². The molecule has 3 aromatic rings. The standard InChI is InChI=1S/C16H15ClN4O/c1-9-5-15(21-14-6-11(17)3-4-13(9)14)18-8-12-7-16(22)20-10(2)19-12/h3-7H,8H2,1-2H3,(H,18,21)(H,19,20,22). The molecule has 5 nitrogen and oxygen atoms in total. The van der Waals surface area contributed by atoms with E-state index in [1.54, 1.807) is 6.92 Å². The lowest BCUT2D eigenvalue weighted by molar-refractivity contribution is 0.931. The summed E-state index contributed by atoms with van der Waals surface area (Å²) >= 11 is 6.02. The predicted molar refractivity (Wildman–Crippen MR) is 88.4 cm³/mol. The summed E-state index contributed by atoms with van der Waals surface area (Å²) in [4.78, 5) is 22.9. The molecule has 0 saturated carbocycles. The van der Waals surface area contributed by atoms with Crippen LogP contribution in [0.3, 0.4) is 0 Å². The summed E-state index contributed by atoms with van der Waals surface area (Å²) in [6.45, 7) is 4.22. The molecule has 22 heavy (non-hydrogen) atoms. The van der Waals surface area contributed by atoms with Gasteiger partial charge in [-0.2, -0.15) is 0 Å². The minimum Gasteiger partial charge on any atom is -0.364 e. The van der Waals surface area contributed by atoms with E-state index in [2.05, 4.69) is 20.3 Å². The third-order valence-electron chi connectivity index (χ3n) is 3.34. The first-order valence-electron chi connectivity index (χ1n) is 6.89. The molecule has 3 rings (SSSR count). The first kappa shape index (κ1) is 14.5. The van der Waals surface area contributed by atoms with Gasteiger partial charge in [-0.05, 0) is 37.6 Å². The van der Waals surface area contributed by atoms with Crippen LogP contribution in [-0.2, 0) is 6.54 Å². The smallest absolute Gasteiger partial charge is 0.251 e. The van der Waals surface area contributed by atoms with Crippen molar-refractivity contribution in [1.82, 2.24) is 15.0 Å². The van der Waals surface area contributed by atoms with E-state index in [1.165, 1.54) is 6.07 Å². The van der Waals surface area contributed by atoms with Crippen molar-refractivity contribution in [2.45, 2.75) is 20.4 Å². The number of nitrogens with zero attached hydrogens (tertiary/aromatic N) is 2. The van der Waals surface area contributed by atoms with E-state index in [4.69, 9.17) is 11.6 Å². The largest absolute Gasteiger partial charge is 0.364 e. The molecular weight excluding hydrogens is 300 g/mol. The highest BCUT2D eigenvalue weighted by molar-refractivity contribution is 6.31. The van der Waals surface area contributed by atoms with Crippen LogP contribution in [0.4, 0.5) is 5.82 Å². The van der Waals surface area contributed by atoms with Gasteiger partial charge in [0.05, 0.1) is 17.8 Å². The number of aromatic nitrogens is 3. The van der Waals surface area contributed by atoms with Crippen LogP contribution in [0.1, 0.15) is 17.1 Å². The number of hydrogen-bond donors (Lipinski definition) is 2. The molecule has 0 amide bonds. The Bertz CT molecular complexity index is 904. The number of pyridine rings is 1. The molecule has 0 spiro atoms. The Morgan fingerprint density at radius 3 is 2.77 bits per heavy atom. The summed E-state index contributed by atoms with van der Waals surface area (Å²) in [6.07, 6.45) is 0. The molecule has 1 aromatic carbocycles. The number of hydrogen-bond acceptors (Lipinski definition) is 4. The number of nitrogens with one attached hydrogen (secondary N) is 2. The van der Waals surface area contributed by atoms with Gasteiger partial charge in [-0.1, -0.05) is 17.7 Å². The topological polar surface area (TPSA) is 70.7 Å². The van der Waals surface area contributed by atoms with Crippen molar-refractivity contribution in [1.29, 1.82) is 0 Å². The maximum Gasteiger partial charge on any atom is 0.251 e. The average molecular weight is 315 g/mol. The minimum absolute atomic E-state index is 0.154. The Labute approximate surface area is 132 Å². The zero-order valence-electron chi connectivity index (χ0n) is 12.3. The van der Waals surface area contributed by atoms with E-state index in [9.17, 15) is 4.79 Å². The summed E-state index contributed by atoms with van der Waals surface area (Å²) < 4.78 is 0. The lowest BCUT2D eigenvalue weighted by Gasteiger charge is -2.09. The van der Waals surface area contributed by atoms with Crippen LogP contribution < -0.4 is 10.9 Å². The number of anilines is 1. The Hall–Kier alpha value is -2.40. The van der Waals surface area contributed by atoms with Gasteiger partial charge in [0, 0.05) is 16.5 Å². The molecular formula is C16H15ClN4O. The number of H-pyrrole nitrogens is 1. The molecule has 2 heterocycles. The van der Waals surface area contributed by atoms with Gasteiger partial charge in [0.1, 0.15) is 11.6 Å². The van der Waals surface area contributed by atoms with Crippen molar-refractivity contribution in [3.8, 4) is 0 Å². The van der Waals surface area contributed by atoms with Gasteiger partial charge in [-0.15, -0.1) is 0 Å². The van der Waals surface area contributed by atoms with Crippen LogP contribution in [0.2, 0.25) is 5.02 Å². The number of benzene rings is 1. The molecule has 6 heteroatoms. The van der Waals surface area contributed by atoms with E-state index in [0.29, 0.717) is 23.1 Å². The predicted octanol–water partition coefficient (Wildman–Crippen LogP) is 3.20.